The van der Waals surface area contributed by atoms with Crippen LogP contribution in [0.3, 0.4) is 0 Å². The van der Waals surface area contributed by atoms with E-state index in [1.54, 1.807) is 16.3 Å². The Morgan fingerprint density at radius 1 is 1.41 bits per heavy atom. The topological polar surface area (TPSA) is 74.6 Å². The fourth-order valence-corrected chi connectivity index (χ4v) is 2.47. The number of nitrogens with two attached hydrogens (primary N) is 1. The Morgan fingerprint density at radius 3 is 2.76 bits per heavy atom. The van der Waals surface area contributed by atoms with E-state index in [4.69, 9.17) is 5.73 Å². The predicted molar refractivity (Wildman–Crippen MR) is 67.6 cm³/mol. The summed E-state index contributed by atoms with van der Waals surface area (Å²) in [6, 6.07) is 2.09. The molecule has 2 N–H and O–H groups in total. The highest BCUT2D eigenvalue weighted by molar-refractivity contribution is 7.98. The lowest BCUT2D eigenvalue weighted by atomic mass is 10.4. The molecule has 0 aromatic carbocycles. The monoisotopic (exact) mass is 252 g/mol. The summed E-state index contributed by atoms with van der Waals surface area (Å²) >= 11 is 1.61. The number of hydrogen-bond donors (Lipinski definition) is 1. The molecule has 6 nitrogen and oxygen atoms in total. The fourth-order valence-electron chi connectivity index (χ4n) is 1.58. The second kappa shape index (κ2) is 4.79. The zero-order valence-corrected chi connectivity index (χ0v) is 11.0. The first kappa shape index (κ1) is 12.0. The highest BCUT2D eigenvalue weighted by atomic mass is 32.2. The first-order valence-electron chi connectivity index (χ1n) is 5.42. The van der Waals surface area contributed by atoms with Gasteiger partial charge in [-0.2, -0.15) is 5.10 Å². The van der Waals surface area contributed by atoms with Gasteiger partial charge in [-0.3, -0.25) is 9.25 Å². The summed E-state index contributed by atoms with van der Waals surface area (Å²) in [7, 11) is 1.86. The van der Waals surface area contributed by atoms with Crippen LogP contribution in [0, 0.1) is 6.92 Å². The summed E-state index contributed by atoms with van der Waals surface area (Å²) in [5.41, 5.74) is 7.86. The molecule has 0 unspecified atom stereocenters. The molecule has 0 fully saturated rings. The Hall–Kier alpha value is -1.50. The van der Waals surface area contributed by atoms with Gasteiger partial charge in [0.25, 0.3) is 0 Å². The molecule has 0 atom stereocenters. The predicted octanol–water partition coefficient (Wildman–Crippen LogP) is 1.21. The molecule has 2 heterocycles. The van der Waals surface area contributed by atoms with Crippen molar-refractivity contribution in [2.24, 2.45) is 7.05 Å². The van der Waals surface area contributed by atoms with Gasteiger partial charge in [-0.05, 0) is 19.9 Å². The van der Waals surface area contributed by atoms with Crippen molar-refractivity contribution in [1.29, 1.82) is 0 Å². The molecule has 0 aliphatic rings. The second-order valence-electron chi connectivity index (χ2n) is 3.78. The molecule has 2 aromatic rings. The standard InChI is InChI=1S/C10H16N6S/c1-4-16-8(5-7(2)14-16)6-17-10-13-12-9(11)15(10)3/h5H,4,6H2,1-3H3,(H2,11,12). The third-order valence-corrected chi connectivity index (χ3v) is 3.56. The average molecular weight is 252 g/mol. The maximum atomic E-state index is 5.63. The van der Waals surface area contributed by atoms with Crippen LogP contribution in [-0.2, 0) is 19.3 Å². The molecule has 0 amide bonds. The Morgan fingerprint density at radius 2 is 2.18 bits per heavy atom. The number of rotatable bonds is 4. The Labute approximate surface area is 104 Å². The van der Waals surface area contributed by atoms with Crippen LogP contribution >= 0.6 is 11.8 Å². The van der Waals surface area contributed by atoms with E-state index < -0.39 is 0 Å². The second-order valence-corrected chi connectivity index (χ2v) is 4.72. The van der Waals surface area contributed by atoms with Gasteiger partial charge in [-0.15, -0.1) is 10.2 Å². The zero-order valence-electron chi connectivity index (χ0n) is 10.2. The molecule has 0 saturated heterocycles. The van der Waals surface area contributed by atoms with E-state index in [1.807, 2.05) is 18.7 Å². The Bertz CT molecular complexity index is 515. The maximum Gasteiger partial charge on any atom is 0.222 e. The fraction of sp³-hybridized carbons (Fsp3) is 0.500. The Kier molecular flexibility index (Phi) is 3.37. The first-order valence-corrected chi connectivity index (χ1v) is 6.41. The number of anilines is 1. The van der Waals surface area contributed by atoms with E-state index in [-0.39, 0.29) is 0 Å². The van der Waals surface area contributed by atoms with Crippen LogP contribution in [0.25, 0.3) is 0 Å². The van der Waals surface area contributed by atoms with Crippen molar-refractivity contribution in [3.63, 3.8) is 0 Å². The number of aryl methyl sites for hydroxylation is 2. The first-order chi connectivity index (χ1) is 8.11. The van der Waals surface area contributed by atoms with Crippen molar-refractivity contribution < 1.29 is 0 Å². The van der Waals surface area contributed by atoms with E-state index in [0.717, 1.165) is 23.1 Å². The summed E-state index contributed by atoms with van der Waals surface area (Å²) in [5, 5.41) is 13.1. The molecule has 0 bridgehead atoms. The largest absolute Gasteiger partial charge is 0.368 e. The van der Waals surface area contributed by atoms with E-state index in [2.05, 4.69) is 28.3 Å². The summed E-state index contributed by atoms with van der Waals surface area (Å²) in [5.74, 6) is 1.26. The van der Waals surface area contributed by atoms with Crippen LogP contribution in [-0.4, -0.2) is 24.5 Å². The molecule has 0 spiro atoms. The summed E-state index contributed by atoms with van der Waals surface area (Å²) < 4.78 is 3.78. The lowest BCUT2D eigenvalue weighted by Crippen LogP contribution is -2.02. The summed E-state index contributed by atoms with van der Waals surface area (Å²) in [4.78, 5) is 0. The van der Waals surface area contributed by atoms with Gasteiger partial charge in [0.1, 0.15) is 0 Å². The van der Waals surface area contributed by atoms with Gasteiger partial charge in [-0.1, -0.05) is 11.8 Å². The van der Waals surface area contributed by atoms with Crippen molar-refractivity contribution in [3.8, 4) is 0 Å². The number of nitrogen functional groups attached to an aromatic ring is 1. The maximum absolute atomic E-state index is 5.63. The molecule has 2 aromatic heterocycles. The van der Waals surface area contributed by atoms with Crippen molar-refractivity contribution in [3.05, 3.63) is 17.5 Å². The van der Waals surface area contributed by atoms with Gasteiger partial charge < -0.3 is 5.73 Å². The molecule has 17 heavy (non-hydrogen) atoms. The normalized spacial score (nSPS) is 11.0. The lowest BCUT2D eigenvalue weighted by Gasteiger charge is -2.04. The van der Waals surface area contributed by atoms with Gasteiger partial charge in [-0.25, -0.2) is 0 Å². The minimum Gasteiger partial charge on any atom is -0.368 e. The third-order valence-electron chi connectivity index (χ3n) is 2.50. The molecule has 2 rings (SSSR count). The lowest BCUT2D eigenvalue weighted by molar-refractivity contribution is 0.631. The Balaban J connectivity index is 2.09. The van der Waals surface area contributed by atoms with Gasteiger partial charge in [0.2, 0.25) is 5.95 Å². The smallest absolute Gasteiger partial charge is 0.222 e. The minimum atomic E-state index is 0.438. The molecular weight excluding hydrogens is 236 g/mol. The van der Waals surface area contributed by atoms with E-state index >= 15 is 0 Å². The van der Waals surface area contributed by atoms with Crippen molar-refractivity contribution in [2.45, 2.75) is 31.3 Å². The highest BCUT2D eigenvalue weighted by Crippen LogP contribution is 2.21. The quantitative estimate of drug-likeness (QED) is 0.828. The molecule has 0 saturated carbocycles. The summed E-state index contributed by atoms with van der Waals surface area (Å²) in [6.45, 7) is 4.96. The van der Waals surface area contributed by atoms with Crippen LogP contribution in [0.1, 0.15) is 18.3 Å². The SMILES string of the molecule is CCn1nc(C)cc1CSc1nnc(N)n1C. The summed E-state index contributed by atoms with van der Waals surface area (Å²) in [6.07, 6.45) is 0. The van der Waals surface area contributed by atoms with Crippen LogP contribution < -0.4 is 5.73 Å². The van der Waals surface area contributed by atoms with Gasteiger partial charge in [0.05, 0.1) is 5.69 Å². The molecule has 92 valence electrons. The number of nitrogens with zero attached hydrogens (tertiary/aromatic N) is 5. The highest BCUT2D eigenvalue weighted by Gasteiger charge is 2.09. The molecule has 0 aliphatic carbocycles. The van der Waals surface area contributed by atoms with Crippen LogP contribution in [0.2, 0.25) is 0 Å². The van der Waals surface area contributed by atoms with Gasteiger partial charge in [0.15, 0.2) is 5.16 Å². The molecule has 0 radical (unpaired) electrons. The van der Waals surface area contributed by atoms with Crippen LogP contribution in [0.4, 0.5) is 5.95 Å². The van der Waals surface area contributed by atoms with Crippen LogP contribution in [0.15, 0.2) is 11.2 Å². The molecule has 7 heteroatoms. The number of hydrogen-bond acceptors (Lipinski definition) is 5. The zero-order chi connectivity index (χ0) is 12.4. The van der Waals surface area contributed by atoms with Crippen LogP contribution in [0.5, 0.6) is 0 Å². The minimum absolute atomic E-state index is 0.438. The average Bonchev–Trinajstić information content (AvgIpc) is 2.82. The van der Waals surface area contributed by atoms with E-state index in [0.29, 0.717) is 5.95 Å². The van der Waals surface area contributed by atoms with Gasteiger partial charge in [0, 0.05) is 25.0 Å². The van der Waals surface area contributed by atoms with E-state index in [9.17, 15) is 0 Å². The van der Waals surface area contributed by atoms with Gasteiger partial charge >= 0.3 is 0 Å². The van der Waals surface area contributed by atoms with Crippen molar-refractivity contribution in [2.75, 3.05) is 5.73 Å². The number of thioether (sulfide) groups is 1. The number of aromatic nitrogens is 5. The van der Waals surface area contributed by atoms with Crippen molar-refractivity contribution in [1.82, 2.24) is 24.5 Å². The van der Waals surface area contributed by atoms with Crippen molar-refractivity contribution >= 4 is 17.7 Å². The molecule has 0 aliphatic heterocycles. The molecular formula is C10H16N6S. The third kappa shape index (κ3) is 2.44. The van der Waals surface area contributed by atoms with E-state index in [1.165, 1.54) is 5.69 Å².